The summed E-state index contributed by atoms with van der Waals surface area (Å²) in [4.78, 5) is 27.5. The van der Waals surface area contributed by atoms with Crippen LogP contribution in [0.25, 0.3) is 22.0 Å². The molecule has 7 heteroatoms. The lowest BCUT2D eigenvalue weighted by Crippen LogP contribution is -2.42. The van der Waals surface area contributed by atoms with Crippen molar-refractivity contribution >= 4 is 23.0 Å². The van der Waals surface area contributed by atoms with Crippen LogP contribution in [-0.4, -0.2) is 40.3 Å². The van der Waals surface area contributed by atoms with Crippen molar-refractivity contribution in [1.29, 1.82) is 0 Å². The Balaban J connectivity index is 0.00000259. The normalized spacial score (nSPS) is 13.0. The number of H-pyrrole nitrogens is 1. The molecule has 1 aliphatic rings. The second-order valence-corrected chi connectivity index (χ2v) is 7.92. The highest BCUT2D eigenvalue weighted by atomic mass is 16.5. The molecule has 1 heterocycles. The van der Waals surface area contributed by atoms with E-state index in [1.807, 2.05) is 60.7 Å². The lowest BCUT2D eigenvalue weighted by Gasteiger charge is -2.17. The Morgan fingerprint density at radius 2 is 1.55 bits per heavy atom. The van der Waals surface area contributed by atoms with Gasteiger partial charge in [-0.1, -0.05) is 66.7 Å². The van der Waals surface area contributed by atoms with Gasteiger partial charge < -0.3 is 25.6 Å². The molecule has 0 aliphatic heterocycles. The number of carbonyl (C=O) groups excluding carboxylic acids is 1. The Morgan fingerprint density at radius 1 is 0.939 bits per heavy atom. The number of fused-ring (bicyclic) bond motifs is 4. The van der Waals surface area contributed by atoms with E-state index in [0.29, 0.717) is 0 Å². The molecule has 4 aromatic rings. The largest absolute Gasteiger partial charge is 0.480 e. The lowest BCUT2D eigenvalue weighted by molar-refractivity contribution is -0.139. The first-order chi connectivity index (χ1) is 15.6. The first-order valence-corrected chi connectivity index (χ1v) is 10.5. The molecule has 5 rings (SSSR count). The van der Waals surface area contributed by atoms with Gasteiger partial charge in [0.2, 0.25) is 0 Å². The summed E-state index contributed by atoms with van der Waals surface area (Å²) in [5.74, 6) is -1.19. The van der Waals surface area contributed by atoms with Crippen molar-refractivity contribution in [2.75, 3.05) is 6.61 Å². The van der Waals surface area contributed by atoms with Crippen LogP contribution in [0.5, 0.6) is 0 Å². The second-order valence-electron chi connectivity index (χ2n) is 7.92. The van der Waals surface area contributed by atoms with Crippen LogP contribution in [0.2, 0.25) is 0 Å². The van der Waals surface area contributed by atoms with E-state index in [2.05, 4.69) is 22.4 Å². The number of aromatic amines is 1. The number of hydrogen-bond donors (Lipinski definition) is 3. The Morgan fingerprint density at radius 3 is 2.21 bits per heavy atom. The molecule has 0 spiro atoms. The zero-order valence-corrected chi connectivity index (χ0v) is 17.7. The van der Waals surface area contributed by atoms with Gasteiger partial charge in [0.05, 0.1) is 0 Å². The summed E-state index contributed by atoms with van der Waals surface area (Å²) in [7, 11) is 0. The summed E-state index contributed by atoms with van der Waals surface area (Å²) in [6, 6.07) is 22.7. The molecule has 1 aromatic heterocycles. The third kappa shape index (κ3) is 4.18. The van der Waals surface area contributed by atoms with Crippen LogP contribution in [0.3, 0.4) is 0 Å². The first kappa shape index (κ1) is 22.1. The van der Waals surface area contributed by atoms with Gasteiger partial charge in [0.1, 0.15) is 12.6 Å². The van der Waals surface area contributed by atoms with Gasteiger partial charge in [0.15, 0.2) is 0 Å². The van der Waals surface area contributed by atoms with Crippen molar-refractivity contribution in [2.45, 2.75) is 18.4 Å². The molecule has 33 heavy (non-hydrogen) atoms. The van der Waals surface area contributed by atoms with Crippen LogP contribution in [0, 0.1) is 0 Å². The number of alkyl carbamates (subject to hydrolysis) is 1. The number of carboxylic acids is 1. The van der Waals surface area contributed by atoms with E-state index in [1.165, 1.54) is 0 Å². The molecule has 7 nitrogen and oxygen atoms in total. The van der Waals surface area contributed by atoms with Gasteiger partial charge in [-0.3, -0.25) is 0 Å². The van der Waals surface area contributed by atoms with Crippen LogP contribution in [-0.2, 0) is 16.0 Å². The fraction of sp³-hybridized carbons (Fsp3) is 0.154. The zero-order chi connectivity index (χ0) is 22.1. The lowest BCUT2D eigenvalue weighted by atomic mass is 9.98. The highest BCUT2D eigenvalue weighted by molar-refractivity contribution is 5.85. The topological polar surface area (TPSA) is 123 Å². The number of nitrogens with one attached hydrogen (secondary N) is 2. The minimum absolute atomic E-state index is 0. The van der Waals surface area contributed by atoms with E-state index < -0.39 is 18.1 Å². The zero-order valence-electron chi connectivity index (χ0n) is 17.7. The van der Waals surface area contributed by atoms with Crippen molar-refractivity contribution in [3.63, 3.8) is 0 Å². The number of benzene rings is 3. The molecule has 0 bridgehead atoms. The molecular formula is C26H24N2O5. The quantitative estimate of drug-likeness (QED) is 0.418. The molecule has 0 unspecified atom stereocenters. The van der Waals surface area contributed by atoms with Crippen LogP contribution >= 0.6 is 0 Å². The number of carbonyl (C=O) groups is 2. The smallest absolute Gasteiger partial charge is 0.407 e. The Hall–Kier alpha value is -4.10. The van der Waals surface area contributed by atoms with Crippen molar-refractivity contribution in [3.8, 4) is 11.1 Å². The maximum absolute atomic E-state index is 12.5. The molecule has 1 aliphatic carbocycles. The van der Waals surface area contributed by atoms with Crippen molar-refractivity contribution in [2.24, 2.45) is 0 Å². The Kier molecular flexibility index (Phi) is 6.15. The average Bonchev–Trinajstić information content (AvgIpc) is 3.36. The van der Waals surface area contributed by atoms with Crippen molar-refractivity contribution < 1.29 is 24.9 Å². The molecule has 5 N–H and O–H groups in total. The molecule has 0 fully saturated rings. The highest BCUT2D eigenvalue weighted by Gasteiger charge is 2.30. The molecule has 1 amide bonds. The fourth-order valence-electron chi connectivity index (χ4n) is 4.50. The molecule has 0 saturated heterocycles. The summed E-state index contributed by atoms with van der Waals surface area (Å²) in [6.45, 7) is 0.138. The molecule has 1 atom stereocenters. The number of aliphatic carboxylic acids is 1. The maximum atomic E-state index is 12.5. The van der Waals surface area contributed by atoms with Crippen LogP contribution in [0.1, 0.15) is 22.6 Å². The summed E-state index contributed by atoms with van der Waals surface area (Å²) in [5.41, 5.74) is 6.24. The second kappa shape index (κ2) is 9.18. The standard InChI is InChI=1S/C26H22N2O4.H2O/c29-25(30)24(13-16-14-27-23-12-6-5-7-17(16)23)28-26(31)32-15-22-20-10-3-1-8-18(20)19-9-2-4-11-21(19)22;/h1-12,14,22,24,27H,13,15H2,(H,28,31)(H,29,30);1H2/t24-;/m0./s1. The van der Waals surface area contributed by atoms with Crippen LogP contribution < -0.4 is 5.32 Å². The van der Waals surface area contributed by atoms with Gasteiger partial charge >= 0.3 is 12.1 Å². The number of hydrogen-bond acceptors (Lipinski definition) is 3. The number of aromatic nitrogens is 1. The number of ether oxygens (including phenoxy) is 1. The van der Waals surface area contributed by atoms with Gasteiger partial charge in [0.25, 0.3) is 0 Å². The van der Waals surface area contributed by atoms with Gasteiger partial charge in [-0.25, -0.2) is 9.59 Å². The van der Waals surface area contributed by atoms with E-state index in [-0.39, 0.29) is 24.4 Å². The van der Waals surface area contributed by atoms with Crippen LogP contribution in [0.15, 0.2) is 79.0 Å². The minimum Gasteiger partial charge on any atom is -0.480 e. The summed E-state index contributed by atoms with van der Waals surface area (Å²) in [5, 5.41) is 13.1. The average molecular weight is 444 g/mol. The van der Waals surface area contributed by atoms with E-state index in [1.54, 1.807) is 6.20 Å². The van der Waals surface area contributed by atoms with E-state index in [4.69, 9.17) is 4.74 Å². The SMILES string of the molecule is O.O=C(N[C@@H](Cc1c[nH]c2ccccc12)C(=O)O)OCC1c2ccccc2-c2ccccc21. The van der Waals surface area contributed by atoms with Gasteiger partial charge in [-0.15, -0.1) is 0 Å². The predicted molar refractivity (Wildman–Crippen MR) is 125 cm³/mol. The summed E-state index contributed by atoms with van der Waals surface area (Å²) < 4.78 is 5.51. The number of para-hydroxylation sites is 1. The molecule has 168 valence electrons. The maximum Gasteiger partial charge on any atom is 0.407 e. The highest BCUT2D eigenvalue weighted by Crippen LogP contribution is 2.44. The van der Waals surface area contributed by atoms with Crippen molar-refractivity contribution in [1.82, 2.24) is 10.3 Å². The van der Waals surface area contributed by atoms with Gasteiger partial charge in [-0.05, 0) is 33.9 Å². The molecular weight excluding hydrogens is 420 g/mol. The van der Waals surface area contributed by atoms with Crippen LogP contribution in [0.4, 0.5) is 4.79 Å². The monoisotopic (exact) mass is 444 g/mol. The number of carboxylic acid groups (broad SMARTS) is 1. The molecule has 0 radical (unpaired) electrons. The fourth-order valence-corrected chi connectivity index (χ4v) is 4.50. The van der Waals surface area contributed by atoms with E-state index >= 15 is 0 Å². The number of rotatable bonds is 6. The Bertz CT molecular complexity index is 1270. The third-order valence-electron chi connectivity index (χ3n) is 6.03. The van der Waals surface area contributed by atoms with Gasteiger partial charge in [-0.2, -0.15) is 0 Å². The predicted octanol–water partition coefficient (Wildman–Crippen LogP) is 3.88. The minimum atomic E-state index is -1.11. The Labute approximate surface area is 190 Å². The number of amides is 1. The molecule has 0 saturated carbocycles. The van der Waals surface area contributed by atoms with E-state index in [0.717, 1.165) is 38.7 Å². The van der Waals surface area contributed by atoms with E-state index in [9.17, 15) is 14.7 Å². The first-order valence-electron chi connectivity index (χ1n) is 10.5. The summed E-state index contributed by atoms with van der Waals surface area (Å²) in [6.07, 6.45) is 1.20. The van der Waals surface area contributed by atoms with Gasteiger partial charge in [0, 0.05) is 29.4 Å². The van der Waals surface area contributed by atoms with Crippen molar-refractivity contribution in [3.05, 3.63) is 95.7 Å². The third-order valence-corrected chi connectivity index (χ3v) is 6.03. The molecule has 3 aromatic carbocycles. The summed E-state index contributed by atoms with van der Waals surface area (Å²) >= 11 is 0.